The molecule has 0 saturated heterocycles. The summed E-state index contributed by atoms with van der Waals surface area (Å²) in [5, 5.41) is 0. The van der Waals surface area contributed by atoms with E-state index in [1.54, 1.807) is 24.3 Å². The maximum atomic E-state index is 12.9. The molecule has 0 unspecified atom stereocenters. The predicted octanol–water partition coefficient (Wildman–Crippen LogP) is 4.90. The molecule has 0 fully saturated rings. The summed E-state index contributed by atoms with van der Waals surface area (Å²) in [5.74, 6) is -0.252. The van der Waals surface area contributed by atoms with Crippen LogP contribution in [0.4, 0.5) is 8.78 Å². The van der Waals surface area contributed by atoms with Crippen LogP contribution in [0.1, 0.15) is 36.8 Å². The molecular formula is C16H16F2. The molecule has 2 aromatic carbocycles. The maximum absolute atomic E-state index is 12.9. The Hall–Kier alpha value is -1.70. The summed E-state index contributed by atoms with van der Waals surface area (Å²) in [6, 6.07) is 13.1. The first kappa shape index (κ1) is 12.7. The fourth-order valence-corrected chi connectivity index (χ4v) is 2.20. The van der Waals surface area contributed by atoms with Gasteiger partial charge >= 0.3 is 0 Å². The quantitative estimate of drug-likeness (QED) is 0.720. The van der Waals surface area contributed by atoms with E-state index in [9.17, 15) is 8.78 Å². The van der Waals surface area contributed by atoms with Crippen LogP contribution in [0.2, 0.25) is 0 Å². The van der Waals surface area contributed by atoms with Crippen LogP contribution in [0.15, 0.2) is 48.5 Å². The number of hydrogen-bond acceptors (Lipinski definition) is 0. The van der Waals surface area contributed by atoms with Crippen molar-refractivity contribution in [1.29, 1.82) is 0 Å². The van der Waals surface area contributed by atoms with Gasteiger partial charge in [-0.05, 0) is 41.8 Å². The largest absolute Gasteiger partial charge is 0.207 e. The van der Waals surface area contributed by atoms with Gasteiger partial charge in [-0.3, -0.25) is 0 Å². The molecule has 0 nitrogen and oxygen atoms in total. The maximum Gasteiger partial charge on any atom is 0.123 e. The number of rotatable bonds is 4. The molecule has 0 atom stereocenters. The highest BCUT2D eigenvalue weighted by atomic mass is 19.1. The number of hydrogen-bond donors (Lipinski definition) is 0. The Bertz CT molecular complexity index is 440. The molecule has 2 aromatic rings. The lowest BCUT2D eigenvalue weighted by Gasteiger charge is -2.17. The Labute approximate surface area is 106 Å². The van der Waals surface area contributed by atoms with Crippen molar-refractivity contribution in [2.45, 2.75) is 25.7 Å². The molecule has 0 aliphatic carbocycles. The van der Waals surface area contributed by atoms with Gasteiger partial charge in [0.2, 0.25) is 0 Å². The summed E-state index contributed by atoms with van der Waals surface area (Å²) in [4.78, 5) is 0. The molecule has 0 radical (unpaired) electrons. The zero-order chi connectivity index (χ0) is 13.0. The second-order valence-corrected chi connectivity index (χ2v) is 4.44. The first-order valence-corrected chi connectivity index (χ1v) is 6.21. The smallest absolute Gasteiger partial charge is 0.123 e. The fraction of sp³-hybridized carbons (Fsp3) is 0.250. The SMILES string of the molecule is CCCC(c1ccc(F)cc1)c1ccc(F)cc1. The minimum Gasteiger partial charge on any atom is -0.207 e. The van der Waals surface area contributed by atoms with Gasteiger partial charge in [-0.2, -0.15) is 0 Å². The van der Waals surface area contributed by atoms with Gasteiger partial charge in [-0.25, -0.2) is 8.78 Å². The lowest BCUT2D eigenvalue weighted by Crippen LogP contribution is -2.01. The molecule has 94 valence electrons. The number of halogens is 2. The molecule has 18 heavy (non-hydrogen) atoms. The summed E-state index contributed by atoms with van der Waals surface area (Å²) in [5.41, 5.74) is 2.15. The molecule has 0 N–H and O–H groups in total. The van der Waals surface area contributed by atoms with E-state index >= 15 is 0 Å². The molecule has 0 heterocycles. The summed E-state index contributed by atoms with van der Waals surface area (Å²) >= 11 is 0. The van der Waals surface area contributed by atoms with Crippen molar-refractivity contribution in [3.05, 3.63) is 71.3 Å². The van der Waals surface area contributed by atoms with Crippen LogP contribution in [-0.4, -0.2) is 0 Å². The van der Waals surface area contributed by atoms with E-state index in [4.69, 9.17) is 0 Å². The normalized spacial score (nSPS) is 10.9. The first-order chi connectivity index (χ1) is 8.70. The van der Waals surface area contributed by atoms with Crippen molar-refractivity contribution in [3.63, 3.8) is 0 Å². The standard InChI is InChI=1S/C16H16F2/c1-2-3-16(12-4-8-14(17)9-5-12)13-6-10-15(18)11-7-13/h4-11,16H,2-3H2,1H3. The Morgan fingerprint density at radius 3 is 1.50 bits per heavy atom. The highest BCUT2D eigenvalue weighted by Crippen LogP contribution is 2.29. The van der Waals surface area contributed by atoms with Crippen LogP contribution in [-0.2, 0) is 0 Å². The third-order valence-electron chi connectivity index (χ3n) is 3.12. The van der Waals surface area contributed by atoms with Gasteiger partial charge < -0.3 is 0 Å². The fourth-order valence-electron chi connectivity index (χ4n) is 2.20. The van der Waals surface area contributed by atoms with Gasteiger partial charge in [0.25, 0.3) is 0 Å². The molecule has 2 rings (SSSR count). The zero-order valence-corrected chi connectivity index (χ0v) is 10.4. The minimum absolute atomic E-state index is 0.205. The van der Waals surface area contributed by atoms with E-state index in [0.717, 1.165) is 24.0 Å². The molecular weight excluding hydrogens is 230 g/mol. The third-order valence-corrected chi connectivity index (χ3v) is 3.12. The predicted molar refractivity (Wildman–Crippen MR) is 69.6 cm³/mol. The van der Waals surface area contributed by atoms with Crippen LogP contribution in [0.25, 0.3) is 0 Å². The highest BCUT2D eigenvalue weighted by Gasteiger charge is 2.13. The lowest BCUT2D eigenvalue weighted by atomic mass is 9.88. The molecule has 0 aromatic heterocycles. The summed E-state index contributed by atoms with van der Waals surface area (Å²) in [6.07, 6.45) is 2.00. The van der Waals surface area contributed by atoms with E-state index in [2.05, 4.69) is 6.92 Å². The van der Waals surface area contributed by atoms with Gasteiger partial charge in [0.1, 0.15) is 11.6 Å². The molecule has 2 heteroatoms. The second kappa shape index (κ2) is 5.76. The van der Waals surface area contributed by atoms with Gasteiger partial charge in [0, 0.05) is 5.92 Å². The lowest BCUT2D eigenvalue weighted by molar-refractivity contribution is 0.621. The van der Waals surface area contributed by atoms with Crippen LogP contribution in [0, 0.1) is 11.6 Å². The van der Waals surface area contributed by atoms with Gasteiger partial charge in [0.15, 0.2) is 0 Å². The van der Waals surface area contributed by atoms with Crippen molar-refractivity contribution >= 4 is 0 Å². The Morgan fingerprint density at radius 2 is 1.17 bits per heavy atom. The summed E-state index contributed by atoms with van der Waals surface area (Å²) in [6.45, 7) is 2.11. The molecule has 0 saturated carbocycles. The van der Waals surface area contributed by atoms with E-state index in [0.29, 0.717) is 0 Å². The number of benzene rings is 2. The van der Waals surface area contributed by atoms with Crippen molar-refractivity contribution in [2.24, 2.45) is 0 Å². The van der Waals surface area contributed by atoms with E-state index < -0.39 is 0 Å². The van der Waals surface area contributed by atoms with Crippen LogP contribution in [0.3, 0.4) is 0 Å². The van der Waals surface area contributed by atoms with Crippen molar-refractivity contribution in [1.82, 2.24) is 0 Å². The summed E-state index contributed by atoms with van der Waals surface area (Å²) in [7, 11) is 0. The molecule has 0 aliphatic rings. The average Bonchev–Trinajstić information content (AvgIpc) is 2.39. The van der Waals surface area contributed by atoms with E-state index in [-0.39, 0.29) is 17.6 Å². The third kappa shape index (κ3) is 2.95. The Balaban J connectivity index is 2.33. The molecule has 0 amide bonds. The molecule has 0 aliphatic heterocycles. The van der Waals surface area contributed by atoms with Crippen molar-refractivity contribution in [2.75, 3.05) is 0 Å². The molecule has 0 bridgehead atoms. The topological polar surface area (TPSA) is 0 Å². The van der Waals surface area contributed by atoms with Crippen molar-refractivity contribution in [3.8, 4) is 0 Å². The Morgan fingerprint density at radius 1 is 0.778 bits per heavy atom. The zero-order valence-electron chi connectivity index (χ0n) is 10.4. The van der Waals surface area contributed by atoms with Crippen LogP contribution < -0.4 is 0 Å². The average molecular weight is 246 g/mol. The second-order valence-electron chi connectivity index (χ2n) is 4.44. The van der Waals surface area contributed by atoms with E-state index in [1.165, 1.54) is 24.3 Å². The summed E-state index contributed by atoms with van der Waals surface area (Å²) < 4.78 is 25.9. The minimum atomic E-state index is -0.229. The first-order valence-electron chi connectivity index (χ1n) is 6.21. The van der Waals surface area contributed by atoms with Gasteiger partial charge in [-0.15, -0.1) is 0 Å². The Kier molecular flexibility index (Phi) is 4.08. The van der Waals surface area contributed by atoms with Gasteiger partial charge in [0.05, 0.1) is 0 Å². The van der Waals surface area contributed by atoms with Crippen LogP contribution >= 0.6 is 0 Å². The van der Waals surface area contributed by atoms with Gasteiger partial charge in [-0.1, -0.05) is 37.6 Å². The monoisotopic (exact) mass is 246 g/mol. The molecule has 0 spiro atoms. The van der Waals surface area contributed by atoms with Crippen LogP contribution in [0.5, 0.6) is 0 Å². The highest BCUT2D eigenvalue weighted by molar-refractivity contribution is 5.32. The van der Waals surface area contributed by atoms with E-state index in [1.807, 2.05) is 0 Å². The van der Waals surface area contributed by atoms with Crippen molar-refractivity contribution < 1.29 is 8.78 Å².